The normalized spacial score (nSPS) is 30.1. The van der Waals surface area contributed by atoms with Gasteiger partial charge in [0.05, 0.1) is 0 Å². The van der Waals surface area contributed by atoms with Gasteiger partial charge in [-0.2, -0.15) is 0 Å². The summed E-state index contributed by atoms with van der Waals surface area (Å²) in [7, 11) is 0. The van der Waals surface area contributed by atoms with Gasteiger partial charge in [-0.1, -0.05) is 0 Å². The lowest BCUT2D eigenvalue weighted by molar-refractivity contribution is -0.627. The Bertz CT molecular complexity index is 155. The van der Waals surface area contributed by atoms with Crippen LogP contribution in [0.3, 0.4) is 0 Å². The fourth-order valence-corrected chi connectivity index (χ4v) is 1.01. The van der Waals surface area contributed by atoms with Gasteiger partial charge in [-0.3, -0.25) is 0 Å². The van der Waals surface area contributed by atoms with Crippen LogP contribution in [0.5, 0.6) is 0 Å². The second kappa shape index (κ2) is 1.37. The van der Waals surface area contributed by atoms with E-state index in [1.165, 1.54) is 5.01 Å². The predicted octanol–water partition coefficient (Wildman–Crippen LogP) is 0.661. The van der Waals surface area contributed by atoms with Crippen LogP contribution >= 0.6 is 0 Å². The highest BCUT2D eigenvalue weighted by molar-refractivity contribution is 5.03. The first-order valence-electron chi connectivity index (χ1n) is 2.91. The van der Waals surface area contributed by atoms with Crippen molar-refractivity contribution in [3.63, 3.8) is 0 Å². The van der Waals surface area contributed by atoms with Gasteiger partial charge in [0.25, 0.3) is 0 Å². The number of hydrazine groups is 1. The van der Waals surface area contributed by atoms with Crippen LogP contribution in [0.15, 0.2) is 0 Å². The van der Waals surface area contributed by atoms with Crippen LogP contribution in [-0.4, -0.2) is 21.6 Å². The van der Waals surface area contributed by atoms with E-state index in [4.69, 9.17) is 0 Å². The maximum Gasteiger partial charge on any atom is 0.161 e. The molecule has 1 heterocycles. The number of hydrogen-bond acceptors (Lipinski definition) is 2. The molecular formula is C5H10N2O2. The van der Waals surface area contributed by atoms with Gasteiger partial charge < -0.3 is 0 Å². The van der Waals surface area contributed by atoms with Crippen molar-refractivity contribution in [3.05, 3.63) is 10.1 Å². The minimum Gasteiger partial charge on any atom is -0.235 e. The second-order valence-electron chi connectivity index (χ2n) is 2.91. The predicted molar refractivity (Wildman–Crippen MR) is 32.4 cm³/mol. The lowest BCUT2D eigenvalue weighted by atomic mass is 10.2. The summed E-state index contributed by atoms with van der Waals surface area (Å²) in [5, 5.41) is 11.0. The molecule has 0 aromatic rings. The molecule has 1 aliphatic rings. The fraction of sp³-hybridized carbons (Fsp3) is 1.00. The van der Waals surface area contributed by atoms with Crippen molar-refractivity contribution in [2.75, 3.05) is 0 Å². The highest BCUT2D eigenvalue weighted by Gasteiger charge is 2.61. The molecule has 1 aliphatic heterocycles. The van der Waals surface area contributed by atoms with Crippen LogP contribution in [-0.2, 0) is 0 Å². The largest absolute Gasteiger partial charge is 0.235 e. The average Bonchev–Trinajstić information content (AvgIpc) is 2.07. The summed E-state index contributed by atoms with van der Waals surface area (Å²) < 4.78 is 0. The standard InChI is InChI=1S/C5H10N2O2/c1-4-5(2,3)6(4)7(8)9/h4H,1-3H3/t4-,6?/m1/s1. The highest BCUT2D eigenvalue weighted by atomic mass is 16.7. The second-order valence-corrected chi connectivity index (χ2v) is 2.91. The van der Waals surface area contributed by atoms with E-state index >= 15 is 0 Å². The van der Waals surface area contributed by atoms with E-state index in [0.29, 0.717) is 0 Å². The van der Waals surface area contributed by atoms with Crippen LogP contribution in [0.4, 0.5) is 0 Å². The van der Waals surface area contributed by atoms with Crippen LogP contribution in [0.25, 0.3) is 0 Å². The number of nitro groups is 1. The van der Waals surface area contributed by atoms with Crippen molar-refractivity contribution in [1.82, 2.24) is 5.01 Å². The molecule has 0 aromatic carbocycles. The molecule has 0 bridgehead atoms. The van der Waals surface area contributed by atoms with E-state index < -0.39 is 0 Å². The Morgan fingerprint density at radius 2 is 2.00 bits per heavy atom. The summed E-state index contributed by atoms with van der Waals surface area (Å²) in [6, 6.07) is 0.0903. The molecule has 0 aliphatic carbocycles. The SMILES string of the molecule is C[C@H]1N([N+](=O)[O-])C1(C)C. The van der Waals surface area contributed by atoms with Crippen molar-refractivity contribution >= 4 is 0 Å². The van der Waals surface area contributed by atoms with E-state index in [-0.39, 0.29) is 16.6 Å². The third kappa shape index (κ3) is 0.658. The molecule has 1 fully saturated rings. The lowest BCUT2D eigenvalue weighted by Crippen LogP contribution is -2.15. The first kappa shape index (κ1) is 6.32. The molecule has 0 N–H and O–H groups in total. The van der Waals surface area contributed by atoms with Gasteiger partial charge in [0.15, 0.2) is 5.03 Å². The summed E-state index contributed by atoms with van der Waals surface area (Å²) in [6.07, 6.45) is 0. The molecule has 9 heavy (non-hydrogen) atoms. The molecule has 4 nitrogen and oxygen atoms in total. The Kier molecular flexibility index (Phi) is 0.964. The summed E-state index contributed by atoms with van der Waals surface area (Å²) >= 11 is 0. The van der Waals surface area contributed by atoms with Crippen LogP contribution < -0.4 is 0 Å². The minimum absolute atomic E-state index is 0.0903. The molecule has 1 rings (SSSR count). The van der Waals surface area contributed by atoms with Crippen LogP contribution in [0.1, 0.15) is 20.8 Å². The minimum atomic E-state index is -0.343. The zero-order chi connectivity index (χ0) is 7.23. The van der Waals surface area contributed by atoms with E-state index in [9.17, 15) is 10.1 Å². The molecule has 0 unspecified atom stereocenters. The van der Waals surface area contributed by atoms with Gasteiger partial charge in [-0.05, 0) is 20.8 Å². The highest BCUT2D eigenvalue weighted by Crippen LogP contribution is 2.39. The summed E-state index contributed by atoms with van der Waals surface area (Å²) in [4.78, 5) is 10.1. The van der Waals surface area contributed by atoms with Gasteiger partial charge >= 0.3 is 0 Å². The molecule has 0 amide bonds. The molecule has 0 saturated carbocycles. The van der Waals surface area contributed by atoms with E-state index in [2.05, 4.69) is 0 Å². The van der Waals surface area contributed by atoms with E-state index in [0.717, 1.165) is 0 Å². The van der Waals surface area contributed by atoms with E-state index in [1.54, 1.807) is 0 Å². The summed E-state index contributed by atoms with van der Waals surface area (Å²) in [5.74, 6) is 0. The average molecular weight is 130 g/mol. The first-order chi connectivity index (χ1) is 3.98. The summed E-state index contributed by atoms with van der Waals surface area (Å²) in [6.45, 7) is 5.57. The Labute approximate surface area is 53.6 Å². The maximum atomic E-state index is 10.1. The van der Waals surface area contributed by atoms with Crippen molar-refractivity contribution in [2.24, 2.45) is 0 Å². The number of rotatable bonds is 1. The zero-order valence-electron chi connectivity index (χ0n) is 5.79. The topological polar surface area (TPSA) is 46.1 Å². The third-order valence-electron chi connectivity index (χ3n) is 2.09. The van der Waals surface area contributed by atoms with Crippen molar-refractivity contribution in [3.8, 4) is 0 Å². The fourth-order valence-electron chi connectivity index (χ4n) is 1.01. The van der Waals surface area contributed by atoms with Crippen molar-refractivity contribution in [2.45, 2.75) is 32.4 Å². The summed E-state index contributed by atoms with van der Waals surface area (Å²) in [5.41, 5.74) is -0.219. The van der Waals surface area contributed by atoms with Crippen molar-refractivity contribution in [1.29, 1.82) is 0 Å². The maximum absolute atomic E-state index is 10.1. The molecular weight excluding hydrogens is 120 g/mol. The van der Waals surface area contributed by atoms with E-state index in [1.807, 2.05) is 20.8 Å². The van der Waals surface area contributed by atoms with Crippen LogP contribution in [0.2, 0.25) is 0 Å². The molecule has 1 saturated heterocycles. The third-order valence-corrected chi connectivity index (χ3v) is 2.09. The molecule has 1 atom stereocenters. The molecule has 52 valence electrons. The number of nitrogens with zero attached hydrogens (tertiary/aromatic N) is 2. The monoisotopic (exact) mass is 130 g/mol. The van der Waals surface area contributed by atoms with Gasteiger partial charge in [-0.25, -0.2) is 10.1 Å². The lowest BCUT2D eigenvalue weighted by Gasteiger charge is -1.93. The smallest absolute Gasteiger partial charge is 0.161 e. The zero-order valence-corrected chi connectivity index (χ0v) is 5.79. The Morgan fingerprint density at radius 3 is 2.00 bits per heavy atom. The van der Waals surface area contributed by atoms with Gasteiger partial charge in [0.2, 0.25) is 0 Å². The number of hydrogen-bond donors (Lipinski definition) is 0. The molecule has 0 aromatic heterocycles. The van der Waals surface area contributed by atoms with Gasteiger partial charge in [0, 0.05) is 0 Å². The molecule has 0 spiro atoms. The first-order valence-corrected chi connectivity index (χ1v) is 2.91. The Morgan fingerprint density at radius 1 is 1.67 bits per heavy atom. The van der Waals surface area contributed by atoms with Gasteiger partial charge in [-0.15, -0.1) is 5.01 Å². The van der Waals surface area contributed by atoms with Gasteiger partial charge in [0.1, 0.15) is 11.6 Å². The Hall–Kier alpha value is -0.800. The van der Waals surface area contributed by atoms with Crippen molar-refractivity contribution < 1.29 is 5.03 Å². The quantitative estimate of drug-likeness (QED) is 0.297. The molecule has 0 radical (unpaired) electrons. The molecule has 4 heteroatoms. The Balaban J connectivity index is 2.62. The van der Waals surface area contributed by atoms with Crippen LogP contribution in [0, 0.1) is 10.1 Å².